The summed E-state index contributed by atoms with van der Waals surface area (Å²) in [5, 5.41) is 9.76. The minimum Gasteiger partial charge on any atom is -0.354 e. The van der Waals surface area contributed by atoms with Crippen molar-refractivity contribution < 1.29 is 8.78 Å². The predicted octanol–water partition coefficient (Wildman–Crippen LogP) is 3.85. The molecule has 11 heteroatoms. The first-order chi connectivity index (χ1) is 17.1. The van der Waals surface area contributed by atoms with Gasteiger partial charge in [-0.15, -0.1) is 10.2 Å². The highest BCUT2D eigenvalue weighted by Gasteiger charge is 2.57. The van der Waals surface area contributed by atoms with Crippen LogP contribution in [0.3, 0.4) is 0 Å². The van der Waals surface area contributed by atoms with E-state index in [1.54, 1.807) is 6.20 Å². The lowest BCUT2D eigenvalue weighted by Crippen LogP contribution is -2.73. The van der Waals surface area contributed by atoms with E-state index in [1.165, 1.54) is 0 Å². The molecular weight excluding hydrogens is 486 g/mol. The first-order valence-corrected chi connectivity index (χ1v) is 12.6. The fourth-order valence-corrected chi connectivity index (χ4v) is 6.69. The molecule has 2 aromatic heterocycles. The third-order valence-corrected chi connectivity index (χ3v) is 8.42. The zero-order valence-corrected chi connectivity index (χ0v) is 21.0. The van der Waals surface area contributed by atoms with E-state index in [9.17, 15) is 8.78 Å². The molecule has 1 spiro atoms. The molecule has 8 nitrogen and oxygen atoms in total. The number of hydrogen-bond donors (Lipinski definition) is 0. The second-order valence-corrected chi connectivity index (χ2v) is 11.8. The number of aromatic nitrogens is 5. The van der Waals surface area contributed by atoms with Gasteiger partial charge >= 0.3 is 0 Å². The topological polar surface area (TPSA) is 66.2 Å². The first kappa shape index (κ1) is 22.4. The van der Waals surface area contributed by atoms with Crippen LogP contribution in [0.4, 0.5) is 20.5 Å². The Bertz CT molecular complexity index is 1350. The van der Waals surface area contributed by atoms with E-state index in [0.717, 1.165) is 60.7 Å². The normalized spacial score (nSPS) is 23.2. The summed E-state index contributed by atoms with van der Waals surface area (Å²) in [6, 6.07) is 5.80. The molecule has 3 fully saturated rings. The van der Waals surface area contributed by atoms with Gasteiger partial charge in [0.1, 0.15) is 5.82 Å². The van der Waals surface area contributed by atoms with Gasteiger partial charge in [0.15, 0.2) is 5.82 Å². The molecule has 0 amide bonds. The van der Waals surface area contributed by atoms with Crippen molar-refractivity contribution in [3.05, 3.63) is 52.7 Å². The summed E-state index contributed by atoms with van der Waals surface area (Å²) >= 11 is 6.36. The number of alkyl halides is 2. The number of anilines is 2. The Morgan fingerprint density at radius 3 is 2.44 bits per heavy atom. The van der Waals surface area contributed by atoms with Gasteiger partial charge in [0.2, 0.25) is 5.95 Å². The van der Waals surface area contributed by atoms with Crippen LogP contribution in [0.25, 0.3) is 5.69 Å². The van der Waals surface area contributed by atoms with Crippen molar-refractivity contribution in [1.82, 2.24) is 29.6 Å². The van der Waals surface area contributed by atoms with E-state index in [4.69, 9.17) is 11.6 Å². The van der Waals surface area contributed by atoms with Gasteiger partial charge in [0.25, 0.3) is 5.92 Å². The molecular formula is C25H27ClF2N8. The lowest BCUT2D eigenvalue weighted by Gasteiger charge is -2.60. The Hall–Kier alpha value is -2.85. The summed E-state index contributed by atoms with van der Waals surface area (Å²) in [5.41, 5.74) is 2.52. The van der Waals surface area contributed by atoms with E-state index < -0.39 is 11.5 Å². The highest BCUT2D eigenvalue weighted by atomic mass is 35.5. The monoisotopic (exact) mass is 512 g/mol. The second-order valence-electron chi connectivity index (χ2n) is 11.3. The molecule has 36 heavy (non-hydrogen) atoms. The minimum atomic E-state index is -2.61. The lowest BCUT2D eigenvalue weighted by molar-refractivity contribution is -0.173. The maximum Gasteiger partial charge on any atom is 0.251 e. The molecule has 0 unspecified atom stereocenters. The van der Waals surface area contributed by atoms with E-state index in [0.29, 0.717) is 18.1 Å². The highest BCUT2D eigenvalue weighted by molar-refractivity contribution is 6.30. The van der Waals surface area contributed by atoms with Crippen LogP contribution in [0.15, 0.2) is 30.6 Å². The van der Waals surface area contributed by atoms with E-state index in [-0.39, 0.29) is 18.3 Å². The number of nitrogens with zero attached hydrogens (tertiary/aromatic N) is 8. The Balaban J connectivity index is 1.15. The van der Waals surface area contributed by atoms with Gasteiger partial charge in [0, 0.05) is 67.7 Å². The molecule has 4 aliphatic rings. The quantitative estimate of drug-likeness (QED) is 0.528. The maximum absolute atomic E-state index is 13.9. The Morgan fingerprint density at radius 2 is 1.72 bits per heavy atom. The van der Waals surface area contributed by atoms with Crippen molar-refractivity contribution in [2.24, 2.45) is 5.41 Å². The van der Waals surface area contributed by atoms with E-state index in [1.807, 2.05) is 38.2 Å². The summed E-state index contributed by atoms with van der Waals surface area (Å²) < 4.78 is 29.9. The smallest absolute Gasteiger partial charge is 0.251 e. The fourth-order valence-electron chi connectivity index (χ4n) is 6.49. The summed E-state index contributed by atoms with van der Waals surface area (Å²) in [4.78, 5) is 15.5. The van der Waals surface area contributed by atoms with Gasteiger partial charge in [-0.25, -0.2) is 13.8 Å². The van der Waals surface area contributed by atoms with E-state index in [2.05, 4.69) is 39.4 Å². The van der Waals surface area contributed by atoms with Crippen LogP contribution in [0.5, 0.6) is 0 Å². The standard InChI is InChI=1S/C25H27ClF2N8/c1-16-6-29-7-20(30-16)33-12-24(13-33)14-34(15-24)22-32-31-21-9-35(23(2)10-25(27,28)11-23)8-17-5-18(26)3-4-19(17)36(21)22/h3-7H,8-15H2,1-2H3. The Morgan fingerprint density at radius 1 is 0.972 bits per heavy atom. The summed E-state index contributed by atoms with van der Waals surface area (Å²) in [6.45, 7) is 8.53. The van der Waals surface area contributed by atoms with Crippen molar-refractivity contribution in [3.8, 4) is 5.69 Å². The molecule has 7 rings (SSSR count). The molecule has 188 valence electrons. The molecule has 0 atom stereocenters. The maximum atomic E-state index is 13.9. The van der Waals surface area contributed by atoms with Crippen molar-refractivity contribution in [2.75, 3.05) is 36.0 Å². The van der Waals surface area contributed by atoms with Gasteiger partial charge in [-0.2, -0.15) is 0 Å². The van der Waals surface area contributed by atoms with Crippen molar-refractivity contribution in [1.29, 1.82) is 0 Å². The predicted molar refractivity (Wildman–Crippen MR) is 132 cm³/mol. The number of rotatable bonds is 3. The van der Waals surface area contributed by atoms with Gasteiger partial charge < -0.3 is 9.80 Å². The van der Waals surface area contributed by atoms with Crippen LogP contribution in [0, 0.1) is 12.3 Å². The fraction of sp³-hybridized carbons (Fsp3) is 0.520. The van der Waals surface area contributed by atoms with Crippen molar-refractivity contribution in [2.45, 2.75) is 51.2 Å². The van der Waals surface area contributed by atoms with Gasteiger partial charge in [0.05, 0.1) is 24.1 Å². The van der Waals surface area contributed by atoms with Gasteiger partial charge in [-0.3, -0.25) is 14.5 Å². The molecule has 3 aliphatic heterocycles. The van der Waals surface area contributed by atoms with Crippen LogP contribution < -0.4 is 9.80 Å². The summed E-state index contributed by atoms with van der Waals surface area (Å²) in [5.74, 6) is -0.104. The zero-order valence-electron chi connectivity index (χ0n) is 20.3. The van der Waals surface area contributed by atoms with Gasteiger partial charge in [-0.05, 0) is 37.6 Å². The number of benzene rings is 1. The highest BCUT2D eigenvalue weighted by Crippen LogP contribution is 2.51. The number of aryl methyl sites for hydroxylation is 1. The zero-order chi connectivity index (χ0) is 24.9. The molecule has 1 saturated carbocycles. The molecule has 0 N–H and O–H groups in total. The Labute approximate surface area is 212 Å². The second kappa shape index (κ2) is 7.35. The molecule has 0 radical (unpaired) electrons. The molecule has 2 saturated heterocycles. The van der Waals surface area contributed by atoms with E-state index >= 15 is 0 Å². The molecule has 0 bridgehead atoms. The third kappa shape index (κ3) is 3.41. The van der Waals surface area contributed by atoms with Crippen LogP contribution in [-0.2, 0) is 13.1 Å². The van der Waals surface area contributed by atoms with Crippen LogP contribution >= 0.6 is 11.6 Å². The Kier molecular flexibility index (Phi) is 4.56. The number of fused-ring (bicyclic) bond motifs is 3. The number of halogens is 3. The first-order valence-electron chi connectivity index (χ1n) is 12.3. The average Bonchev–Trinajstić information content (AvgIpc) is 3.05. The summed E-state index contributed by atoms with van der Waals surface area (Å²) in [7, 11) is 0. The lowest BCUT2D eigenvalue weighted by atomic mass is 9.73. The van der Waals surface area contributed by atoms with Gasteiger partial charge in [-0.1, -0.05) is 11.6 Å². The van der Waals surface area contributed by atoms with Crippen LogP contribution in [-0.4, -0.2) is 67.3 Å². The van der Waals surface area contributed by atoms with Crippen molar-refractivity contribution in [3.63, 3.8) is 0 Å². The number of hydrogen-bond acceptors (Lipinski definition) is 7. The van der Waals surface area contributed by atoms with Crippen LogP contribution in [0.1, 0.15) is 36.8 Å². The van der Waals surface area contributed by atoms with Crippen molar-refractivity contribution >= 4 is 23.4 Å². The third-order valence-electron chi connectivity index (χ3n) is 8.19. The summed E-state index contributed by atoms with van der Waals surface area (Å²) in [6.07, 6.45) is 3.30. The molecule has 1 aliphatic carbocycles. The largest absolute Gasteiger partial charge is 0.354 e. The molecule has 1 aromatic carbocycles. The SMILES string of the molecule is Cc1cncc(N2CC3(C2)CN(c2nnc4n2-c2ccc(Cl)cc2CN(C2(C)CC(F)(F)C2)C4)C3)n1. The van der Waals surface area contributed by atoms with Crippen LogP contribution in [0.2, 0.25) is 5.02 Å². The molecule has 3 aromatic rings. The average molecular weight is 513 g/mol. The minimum absolute atomic E-state index is 0.145. The molecule has 5 heterocycles.